The number of benzene rings is 1. The third-order valence-corrected chi connectivity index (χ3v) is 1.63. The van der Waals surface area contributed by atoms with Crippen LogP contribution in [0.2, 0.25) is 0 Å². The van der Waals surface area contributed by atoms with E-state index in [2.05, 4.69) is 4.74 Å². The fourth-order valence-electron chi connectivity index (χ4n) is 1.05. The third-order valence-electron chi connectivity index (χ3n) is 1.63. The van der Waals surface area contributed by atoms with Crippen molar-refractivity contribution >= 4 is 0 Å². The van der Waals surface area contributed by atoms with E-state index >= 15 is 0 Å². The second-order valence-electron chi connectivity index (χ2n) is 2.74. The van der Waals surface area contributed by atoms with Crippen molar-refractivity contribution in [1.29, 1.82) is 0 Å². The summed E-state index contributed by atoms with van der Waals surface area (Å²) in [6.07, 6.45) is -4.85. The quantitative estimate of drug-likeness (QED) is 0.782. The topological polar surface area (TPSA) is 29.5 Å². The predicted octanol–water partition coefficient (Wildman–Crippen LogP) is 2.95. The molecule has 84 valence electrons. The number of phenolic OH excluding ortho intramolecular Hbond substituents is 1. The van der Waals surface area contributed by atoms with Crippen LogP contribution in [0, 0.1) is 5.82 Å². The molecule has 1 rings (SSSR count). The summed E-state index contributed by atoms with van der Waals surface area (Å²) >= 11 is 0. The average Bonchev–Trinajstić information content (AvgIpc) is 2.09. The molecule has 0 aromatic heterocycles. The zero-order valence-electron chi connectivity index (χ0n) is 7.73. The zero-order chi connectivity index (χ0) is 11.6. The molecule has 0 spiro atoms. The van der Waals surface area contributed by atoms with Crippen molar-refractivity contribution in [3.05, 3.63) is 23.5 Å². The summed E-state index contributed by atoms with van der Waals surface area (Å²) in [5.74, 6) is -2.81. The lowest BCUT2D eigenvalue weighted by molar-refractivity contribution is -0.140. The number of rotatable bonds is 2. The normalized spacial score (nSPS) is 11.5. The van der Waals surface area contributed by atoms with E-state index in [0.717, 1.165) is 6.07 Å². The molecule has 0 saturated carbocycles. The summed E-state index contributed by atoms with van der Waals surface area (Å²) in [7, 11) is 0. The van der Waals surface area contributed by atoms with Crippen molar-refractivity contribution in [3.63, 3.8) is 0 Å². The molecule has 1 aromatic rings. The van der Waals surface area contributed by atoms with Gasteiger partial charge in [-0.25, -0.2) is 4.39 Å². The Labute approximate surface area is 83.1 Å². The van der Waals surface area contributed by atoms with Crippen molar-refractivity contribution in [1.82, 2.24) is 0 Å². The Morgan fingerprint density at radius 2 is 1.93 bits per heavy atom. The van der Waals surface area contributed by atoms with Crippen molar-refractivity contribution in [2.45, 2.75) is 13.1 Å². The number of hydrogen-bond acceptors (Lipinski definition) is 2. The van der Waals surface area contributed by atoms with Gasteiger partial charge in [-0.15, -0.1) is 0 Å². The molecule has 1 aromatic carbocycles. The summed E-state index contributed by atoms with van der Waals surface area (Å²) in [5.41, 5.74) is -1.54. The molecule has 0 aliphatic rings. The van der Waals surface area contributed by atoms with Crippen LogP contribution >= 0.6 is 0 Å². The fraction of sp³-hybridized carbons (Fsp3) is 0.333. The highest BCUT2D eigenvalue weighted by molar-refractivity contribution is 5.40. The molecule has 1 N–H and O–H groups in total. The lowest BCUT2D eigenvalue weighted by Crippen LogP contribution is -2.09. The van der Waals surface area contributed by atoms with Crippen LogP contribution in [-0.2, 0) is 6.18 Å². The van der Waals surface area contributed by atoms with Crippen LogP contribution in [0.15, 0.2) is 12.1 Å². The number of halogens is 4. The molecule has 0 radical (unpaired) electrons. The van der Waals surface area contributed by atoms with Gasteiger partial charge in [0, 0.05) is 6.07 Å². The van der Waals surface area contributed by atoms with Gasteiger partial charge in [0.05, 0.1) is 12.2 Å². The Bertz CT molecular complexity index is 360. The minimum absolute atomic E-state index is 0.0116. The molecule has 0 aliphatic carbocycles. The Morgan fingerprint density at radius 1 is 1.33 bits per heavy atom. The van der Waals surface area contributed by atoms with Crippen LogP contribution < -0.4 is 4.74 Å². The van der Waals surface area contributed by atoms with Gasteiger partial charge >= 0.3 is 6.18 Å². The van der Waals surface area contributed by atoms with Crippen LogP contribution in [0.1, 0.15) is 12.5 Å². The van der Waals surface area contributed by atoms with Crippen LogP contribution in [0.5, 0.6) is 11.5 Å². The van der Waals surface area contributed by atoms with Crippen LogP contribution in [-0.4, -0.2) is 11.7 Å². The van der Waals surface area contributed by atoms with Gasteiger partial charge in [0.1, 0.15) is 5.75 Å². The predicted molar refractivity (Wildman–Crippen MR) is 44.2 cm³/mol. The van der Waals surface area contributed by atoms with Gasteiger partial charge in [0.15, 0.2) is 11.6 Å². The first kappa shape index (κ1) is 11.6. The molecular formula is C9H8F4O2. The molecule has 0 unspecified atom stereocenters. The van der Waals surface area contributed by atoms with Crippen molar-refractivity contribution < 1.29 is 27.4 Å². The lowest BCUT2D eigenvalue weighted by atomic mass is 10.2. The van der Waals surface area contributed by atoms with Crippen molar-refractivity contribution in [2.75, 3.05) is 6.61 Å². The largest absolute Gasteiger partial charge is 0.508 e. The lowest BCUT2D eigenvalue weighted by Gasteiger charge is -2.12. The van der Waals surface area contributed by atoms with E-state index < -0.39 is 29.1 Å². The Balaban J connectivity index is 3.28. The first-order valence-corrected chi connectivity index (χ1v) is 4.08. The first-order chi connectivity index (χ1) is 6.86. The van der Waals surface area contributed by atoms with Gasteiger partial charge in [0.2, 0.25) is 0 Å². The highest BCUT2D eigenvalue weighted by Crippen LogP contribution is 2.37. The maximum Gasteiger partial charge on any atom is 0.419 e. The molecule has 0 atom stereocenters. The first-order valence-electron chi connectivity index (χ1n) is 4.08. The van der Waals surface area contributed by atoms with Crippen molar-refractivity contribution in [3.8, 4) is 11.5 Å². The number of phenols is 1. The van der Waals surface area contributed by atoms with Crippen molar-refractivity contribution in [2.24, 2.45) is 0 Å². The van der Waals surface area contributed by atoms with Crippen LogP contribution in [0.3, 0.4) is 0 Å². The molecule has 2 nitrogen and oxygen atoms in total. The van der Waals surface area contributed by atoms with E-state index in [1.54, 1.807) is 0 Å². The minimum Gasteiger partial charge on any atom is -0.508 e. The van der Waals surface area contributed by atoms with Gasteiger partial charge in [0.25, 0.3) is 0 Å². The molecule has 0 aliphatic heterocycles. The second-order valence-corrected chi connectivity index (χ2v) is 2.74. The summed E-state index contributed by atoms with van der Waals surface area (Å²) < 4.78 is 54.5. The summed E-state index contributed by atoms with van der Waals surface area (Å²) in [5, 5.41) is 8.96. The zero-order valence-corrected chi connectivity index (χ0v) is 7.73. The smallest absolute Gasteiger partial charge is 0.419 e. The van der Waals surface area contributed by atoms with Crippen LogP contribution in [0.4, 0.5) is 17.6 Å². The molecule has 0 saturated heterocycles. The molecule has 15 heavy (non-hydrogen) atoms. The monoisotopic (exact) mass is 224 g/mol. The minimum atomic E-state index is -4.85. The number of alkyl halides is 3. The molecule has 6 heteroatoms. The van der Waals surface area contributed by atoms with Gasteiger partial charge in [-0.3, -0.25) is 0 Å². The van der Waals surface area contributed by atoms with E-state index in [0.29, 0.717) is 6.07 Å². The number of aromatic hydroxyl groups is 1. The van der Waals surface area contributed by atoms with Gasteiger partial charge < -0.3 is 9.84 Å². The Morgan fingerprint density at radius 3 is 2.40 bits per heavy atom. The molecule has 0 bridgehead atoms. The SMILES string of the molecule is CCOc1cc(O)cc(C(F)(F)F)c1F. The standard InChI is InChI=1S/C9H8F4O2/c1-2-15-7-4-5(14)3-6(8(7)10)9(11,12)13/h3-4,14H,2H2,1H3. The summed E-state index contributed by atoms with van der Waals surface area (Å²) in [6.45, 7) is 1.51. The van der Waals surface area contributed by atoms with E-state index in [9.17, 15) is 17.6 Å². The molecular weight excluding hydrogens is 216 g/mol. The van der Waals surface area contributed by atoms with E-state index in [4.69, 9.17) is 5.11 Å². The highest BCUT2D eigenvalue weighted by Gasteiger charge is 2.36. The van der Waals surface area contributed by atoms with Gasteiger partial charge in [-0.1, -0.05) is 0 Å². The fourth-order valence-corrected chi connectivity index (χ4v) is 1.05. The highest BCUT2D eigenvalue weighted by atomic mass is 19.4. The summed E-state index contributed by atoms with van der Waals surface area (Å²) in [6, 6.07) is 1.12. The third kappa shape index (κ3) is 2.51. The van der Waals surface area contributed by atoms with E-state index in [-0.39, 0.29) is 6.61 Å². The molecule has 0 amide bonds. The Hall–Kier alpha value is -1.46. The maximum atomic E-state index is 13.2. The van der Waals surface area contributed by atoms with Gasteiger partial charge in [-0.05, 0) is 13.0 Å². The number of hydrogen-bond donors (Lipinski definition) is 1. The second kappa shape index (κ2) is 3.96. The summed E-state index contributed by atoms with van der Waals surface area (Å²) in [4.78, 5) is 0. The maximum absolute atomic E-state index is 13.2. The van der Waals surface area contributed by atoms with E-state index in [1.165, 1.54) is 6.92 Å². The van der Waals surface area contributed by atoms with Gasteiger partial charge in [-0.2, -0.15) is 13.2 Å². The van der Waals surface area contributed by atoms with Crippen LogP contribution in [0.25, 0.3) is 0 Å². The average molecular weight is 224 g/mol. The van der Waals surface area contributed by atoms with E-state index in [1.807, 2.05) is 0 Å². The number of ether oxygens (including phenoxy) is 1. The Kier molecular flexibility index (Phi) is 3.06. The molecule has 0 heterocycles. The molecule has 0 fully saturated rings.